The highest BCUT2D eigenvalue weighted by molar-refractivity contribution is 5.70. The minimum absolute atomic E-state index is 0.156. The van der Waals surface area contributed by atoms with Gasteiger partial charge in [0, 0.05) is 0 Å². The van der Waals surface area contributed by atoms with Crippen molar-refractivity contribution in [3.05, 3.63) is 35.9 Å². The Morgan fingerprint density at radius 1 is 1.38 bits per heavy atom. The van der Waals surface area contributed by atoms with E-state index in [0.29, 0.717) is 6.42 Å². The Labute approximate surface area is 97.6 Å². The largest absolute Gasteiger partial charge is 0.469 e. The van der Waals surface area contributed by atoms with Gasteiger partial charge in [0.1, 0.15) is 0 Å². The number of rotatable bonds is 3. The van der Waals surface area contributed by atoms with Gasteiger partial charge in [-0.1, -0.05) is 44.2 Å². The monoisotopic (exact) mass is 223 g/mol. The highest BCUT2D eigenvalue weighted by Crippen LogP contribution is 2.18. The minimum atomic E-state index is -0.156. The summed E-state index contributed by atoms with van der Waals surface area (Å²) in [5.41, 5.74) is 6.02. The molecule has 1 aromatic carbocycles. The zero-order chi connectivity index (χ0) is 12.4. The fourth-order valence-corrected chi connectivity index (χ4v) is 1.23. The van der Waals surface area contributed by atoms with Crippen molar-refractivity contribution in [2.75, 3.05) is 13.7 Å². The Kier molecular flexibility index (Phi) is 8.17. The predicted octanol–water partition coefficient (Wildman–Crippen LogP) is 2.32. The van der Waals surface area contributed by atoms with Crippen molar-refractivity contribution < 1.29 is 9.53 Å². The molecule has 0 aliphatic heterocycles. The van der Waals surface area contributed by atoms with Gasteiger partial charge in [0.05, 0.1) is 13.5 Å². The molecule has 0 saturated carbocycles. The maximum atomic E-state index is 11.0. The van der Waals surface area contributed by atoms with Crippen LogP contribution in [0.15, 0.2) is 30.3 Å². The van der Waals surface area contributed by atoms with Crippen LogP contribution in [-0.2, 0) is 9.53 Å². The van der Waals surface area contributed by atoms with Gasteiger partial charge in [-0.05, 0) is 18.0 Å². The first-order chi connectivity index (χ1) is 7.65. The molecule has 16 heavy (non-hydrogen) atoms. The van der Waals surface area contributed by atoms with Gasteiger partial charge in [-0.2, -0.15) is 0 Å². The molecule has 0 aliphatic carbocycles. The van der Waals surface area contributed by atoms with E-state index in [1.165, 1.54) is 12.7 Å². The van der Waals surface area contributed by atoms with Crippen molar-refractivity contribution in [2.24, 2.45) is 5.73 Å². The molecule has 0 aliphatic rings. The van der Waals surface area contributed by atoms with E-state index in [9.17, 15) is 4.79 Å². The third-order valence-electron chi connectivity index (χ3n) is 2.07. The van der Waals surface area contributed by atoms with Gasteiger partial charge in [-0.3, -0.25) is 4.79 Å². The van der Waals surface area contributed by atoms with Crippen LogP contribution in [0, 0.1) is 0 Å². The second-order valence-electron chi connectivity index (χ2n) is 3.50. The molecule has 1 atom stereocenters. The average Bonchev–Trinajstić information content (AvgIpc) is 2.31. The Balaban J connectivity index is 0.000000673. The fraction of sp³-hybridized carbons (Fsp3) is 0.462. The van der Waals surface area contributed by atoms with Gasteiger partial charge in [0.2, 0.25) is 0 Å². The summed E-state index contributed by atoms with van der Waals surface area (Å²) in [7, 11) is 1.42. The molecule has 0 amide bonds. The van der Waals surface area contributed by atoms with Gasteiger partial charge in [0.25, 0.3) is 0 Å². The molecule has 3 heteroatoms. The van der Waals surface area contributed by atoms with E-state index < -0.39 is 0 Å². The van der Waals surface area contributed by atoms with E-state index in [1.807, 2.05) is 44.2 Å². The number of hydrogen-bond donors (Lipinski definition) is 1. The molecule has 2 N–H and O–H groups in total. The van der Waals surface area contributed by atoms with Crippen LogP contribution in [0.2, 0.25) is 0 Å². The highest BCUT2D eigenvalue weighted by Gasteiger charge is 2.10. The Morgan fingerprint density at radius 3 is 2.31 bits per heavy atom. The van der Waals surface area contributed by atoms with Crippen molar-refractivity contribution in [1.82, 2.24) is 0 Å². The van der Waals surface area contributed by atoms with Gasteiger partial charge >= 0.3 is 5.97 Å². The first kappa shape index (κ1) is 14.6. The van der Waals surface area contributed by atoms with E-state index in [0.717, 1.165) is 6.54 Å². The average molecular weight is 223 g/mol. The molecule has 3 nitrogen and oxygen atoms in total. The molecule has 0 spiro atoms. The summed E-state index contributed by atoms with van der Waals surface area (Å²) >= 11 is 0. The molecule has 0 bridgehead atoms. The van der Waals surface area contributed by atoms with Crippen LogP contribution in [-0.4, -0.2) is 19.6 Å². The van der Waals surface area contributed by atoms with Crippen molar-refractivity contribution in [1.29, 1.82) is 0 Å². The first-order valence-corrected chi connectivity index (χ1v) is 5.47. The molecule has 1 rings (SSSR count). The van der Waals surface area contributed by atoms with Crippen LogP contribution in [0.4, 0.5) is 0 Å². The molecular weight excluding hydrogens is 202 g/mol. The van der Waals surface area contributed by atoms with Gasteiger partial charge in [0.15, 0.2) is 0 Å². The summed E-state index contributed by atoms with van der Waals surface area (Å²) in [4.78, 5) is 11.0. The summed E-state index contributed by atoms with van der Waals surface area (Å²) in [6, 6.07) is 9.96. The third-order valence-corrected chi connectivity index (χ3v) is 2.07. The van der Waals surface area contributed by atoms with E-state index in [4.69, 9.17) is 5.73 Å². The lowest BCUT2D eigenvalue weighted by Crippen LogP contribution is -2.05. The normalized spacial score (nSPS) is 11.0. The molecule has 0 heterocycles. The van der Waals surface area contributed by atoms with Crippen molar-refractivity contribution in [3.8, 4) is 0 Å². The topological polar surface area (TPSA) is 52.3 Å². The molecule has 0 aromatic heterocycles. The highest BCUT2D eigenvalue weighted by atomic mass is 16.5. The number of methoxy groups -OCH3 is 1. The van der Waals surface area contributed by atoms with Crippen LogP contribution in [0.25, 0.3) is 0 Å². The Bertz CT molecular complexity index is 285. The van der Waals surface area contributed by atoms with E-state index in [-0.39, 0.29) is 11.9 Å². The van der Waals surface area contributed by atoms with Gasteiger partial charge in [-0.15, -0.1) is 0 Å². The summed E-state index contributed by atoms with van der Waals surface area (Å²) in [5.74, 6) is 0.0741. The second-order valence-corrected chi connectivity index (χ2v) is 3.50. The molecule has 0 fully saturated rings. The summed E-state index contributed by atoms with van der Waals surface area (Å²) in [6.45, 7) is 4.67. The number of nitrogens with two attached hydrogens (primary N) is 1. The quantitative estimate of drug-likeness (QED) is 0.800. The van der Waals surface area contributed by atoms with Crippen LogP contribution in [0.1, 0.15) is 31.7 Å². The zero-order valence-electron chi connectivity index (χ0n) is 10.3. The molecule has 1 unspecified atom stereocenters. The van der Waals surface area contributed by atoms with E-state index in [1.54, 1.807) is 0 Å². The number of carbonyl (C=O) groups excluding carboxylic acids is 1. The molecule has 90 valence electrons. The van der Waals surface area contributed by atoms with E-state index >= 15 is 0 Å². The number of benzene rings is 1. The maximum absolute atomic E-state index is 11.0. The smallest absolute Gasteiger partial charge is 0.306 e. The first-order valence-electron chi connectivity index (χ1n) is 5.47. The van der Waals surface area contributed by atoms with Crippen LogP contribution in [0.3, 0.4) is 0 Å². The third kappa shape index (κ3) is 6.19. The summed E-state index contributed by atoms with van der Waals surface area (Å²) in [5, 5.41) is 0. The fourth-order valence-electron chi connectivity index (χ4n) is 1.23. The zero-order valence-corrected chi connectivity index (χ0v) is 10.3. The Morgan fingerprint density at radius 2 is 1.88 bits per heavy atom. The van der Waals surface area contributed by atoms with Crippen molar-refractivity contribution in [2.45, 2.75) is 26.2 Å². The number of esters is 1. The number of ether oxygens (including phenoxy) is 1. The summed E-state index contributed by atoms with van der Waals surface area (Å²) in [6.07, 6.45) is 0.445. The lowest BCUT2D eigenvalue weighted by molar-refractivity contribution is -0.140. The maximum Gasteiger partial charge on any atom is 0.306 e. The standard InChI is InChI=1S/C11H14O2.C2H7N/c1-9(8-11(12)13-2)10-6-4-3-5-7-10;1-2-3/h3-7,9H,8H2,1-2H3;2-3H2,1H3. The molecule has 1 aromatic rings. The van der Waals surface area contributed by atoms with E-state index in [2.05, 4.69) is 4.74 Å². The number of hydrogen-bond acceptors (Lipinski definition) is 3. The minimum Gasteiger partial charge on any atom is -0.469 e. The van der Waals surface area contributed by atoms with Crippen molar-refractivity contribution >= 4 is 5.97 Å². The van der Waals surface area contributed by atoms with Gasteiger partial charge < -0.3 is 10.5 Å². The van der Waals surface area contributed by atoms with Crippen molar-refractivity contribution in [3.63, 3.8) is 0 Å². The second kappa shape index (κ2) is 8.92. The molecular formula is C13H21NO2. The SMILES string of the molecule is CCN.COC(=O)CC(C)c1ccccc1. The van der Waals surface area contributed by atoms with Crippen LogP contribution < -0.4 is 5.73 Å². The molecule has 0 saturated heterocycles. The lowest BCUT2D eigenvalue weighted by Gasteiger charge is -2.09. The van der Waals surface area contributed by atoms with Crippen LogP contribution >= 0.6 is 0 Å². The van der Waals surface area contributed by atoms with Gasteiger partial charge in [-0.25, -0.2) is 0 Å². The predicted molar refractivity (Wildman–Crippen MR) is 66.2 cm³/mol. The molecule has 0 radical (unpaired) electrons. The number of carbonyl (C=O) groups is 1. The van der Waals surface area contributed by atoms with Crippen LogP contribution in [0.5, 0.6) is 0 Å². The summed E-state index contributed by atoms with van der Waals surface area (Å²) < 4.78 is 4.60. The lowest BCUT2D eigenvalue weighted by atomic mass is 9.98. The Hall–Kier alpha value is -1.35.